The molecular weight excluding hydrogens is 264 g/mol. The van der Waals surface area contributed by atoms with E-state index in [-0.39, 0.29) is 29.4 Å². The first-order valence-electron chi connectivity index (χ1n) is 7.49. The predicted molar refractivity (Wildman–Crippen MR) is 85.6 cm³/mol. The molecule has 0 aliphatic heterocycles. The van der Waals surface area contributed by atoms with Gasteiger partial charge in [-0.3, -0.25) is 4.79 Å². The van der Waals surface area contributed by atoms with Gasteiger partial charge in [-0.25, -0.2) is 0 Å². The number of aliphatic hydroxyl groups excluding tert-OH is 1. The maximum absolute atomic E-state index is 12.2. The summed E-state index contributed by atoms with van der Waals surface area (Å²) in [6.45, 7) is 8.19. The predicted octanol–water partition coefficient (Wildman–Crippen LogP) is 2.24. The number of benzene rings is 1. The molecule has 0 bridgehead atoms. The molecule has 0 aromatic heterocycles. The summed E-state index contributed by atoms with van der Waals surface area (Å²) in [7, 11) is 0. The molecule has 0 saturated heterocycles. The summed E-state index contributed by atoms with van der Waals surface area (Å²) < 4.78 is 0. The fourth-order valence-electron chi connectivity index (χ4n) is 2.49. The summed E-state index contributed by atoms with van der Waals surface area (Å²) >= 11 is 0. The van der Waals surface area contributed by atoms with Gasteiger partial charge in [-0.15, -0.1) is 0 Å². The van der Waals surface area contributed by atoms with Gasteiger partial charge in [-0.1, -0.05) is 51.1 Å². The molecule has 3 unspecified atom stereocenters. The third kappa shape index (κ3) is 5.86. The van der Waals surface area contributed by atoms with E-state index in [0.29, 0.717) is 13.0 Å². The van der Waals surface area contributed by atoms with Crippen molar-refractivity contribution in [2.45, 2.75) is 46.3 Å². The van der Waals surface area contributed by atoms with E-state index < -0.39 is 0 Å². The Morgan fingerprint density at radius 1 is 1.29 bits per heavy atom. The molecule has 4 heteroatoms. The van der Waals surface area contributed by atoms with E-state index in [4.69, 9.17) is 5.73 Å². The Kier molecular flexibility index (Phi) is 6.37. The molecule has 0 aliphatic rings. The molecular formula is C17H28N2O2. The quantitative estimate of drug-likeness (QED) is 0.721. The van der Waals surface area contributed by atoms with E-state index in [1.165, 1.54) is 0 Å². The average molecular weight is 292 g/mol. The number of hydrogen-bond donors (Lipinski definition) is 3. The van der Waals surface area contributed by atoms with Gasteiger partial charge in [0.15, 0.2) is 0 Å². The van der Waals surface area contributed by atoms with Gasteiger partial charge in [0, 0.05) is 12.6 Å². The lowest BCUT2D eigenvalue weighted by Gasteiger charge is -2.28. The average Bonchev–Trinajstić information content (AvgIpc) is 2.43. The van der Waals surface area contributed by atoms with E-state index in [0.717, 1.165) is 5.56 Å². The van der Waals surface area contributed by atoms with Gasteiger partial charge in [0.05, 0.1) is 12.0 Å². The third-order valence-electron chi connectivity index (χ3n) is 3.73. The maximum atomic E-state index is 12.2. The van der Waals surface area contributed by atoms with Crippen molar-refractivity contribution in [3.63, 3.8) is 0 Å². The lowest BCUT2D eigenvalue weighted by molar-refractivity contribution is -0.125. The van der Waals surface area contributed by atoms with Crippen LogP contribution in [0.25, 0.3) is 0 Å². The minimum atomic E-state index is -0.374. The zero-order valence-corrected chi connectivity index (χ0v) is 13.5. The minimum Gasteiger partial charge on any atom is -0.393 e. The molecule has 0 fully saturated rings. The number of carbonyl (C=O) groups excluding carboxylic acids is 1. The molecule has 0 saturated carbocycles. The van der Waals surface area contributed by atoms with Gasteiger partial charge < -0.3 is 16.2 Å². The standard InChI is InChI=1S/C17H28N2O2/c1-12(20)10-17(3,4)11-19-16(21)13(2)15(18)14-8-6-5-7-9-14/h5-9,12-13,15,20H,10-11,18H2,1-4H3,(H,19,21). The highest BCUT2D eigenvalue weighted by atomic mass is 16.3. The highest BCUT2D eigenvalue weighted by Gasteiger charge is 2.25. The van der Waals surface area contributed by atoms with Gasteiger partial charge in [0.2, 0.25) is 5.91 Å². The zero-order valence-electron chi connectivity index (χ0n) is 13.5. The Hall–Kier alpha value is -1.39. The maximum Gasteiger partial charge on any atom is 0.224 e. The van der Waals surface area contributed by atoms with Crippen LogP contribution in [0.15, 0.2) is 30.3 Å². The van der Waals surface area contributed by atoms with E-state index in [2.05, 4.69) is 5.32 Å². The van der Waals surface area contributed by atoms with Crippen LogP contribution in [-0.4, -0.2) is 23.7 Å². The smallest absolute Gasteiger partial charge is 0.224 e. The molecule has 4 N–H and O–H groups in total. The zero-order chi connectivity index (χ0) is 16.0. The van der Waals surface area contributed by atoms with Crippen LogP contribution in [0.4, 0.5) is 0 Å². The van der Waals surface area contributed by atoms with Crippen LogP contribution >= 0.6 is 0 Å². The molecule has 0 spiro atoms. The monoisotopic (exact) mass is 292 g/mol. The van der Waals surface area contributed by atoms with E-state index in [1.54, 1.807) is 6.92 Å². The second-order valence-corrected chi connectivity index (χ2v) is 6.66. The lowest BCUT2D eigenvalue weighted by Crippen LogP contribution is -2.41. The van der Waals surface area contributed by atoms with Crippen LogP contribution < -0.4 is 11.1 Å². The number of carbonyl (C=O) groups is 1. The fraction of sp³-hybridized carbons (Fsp3) is 0.588. The summed E-state index contributed by atoms with van der Waals surface area (Å²) in [6.07, 6.45) is 0.271. The van der Waals surface area contributed by atoms with Gasteiger partial charge in [0.1, 0.15) is 0 Å². The van der Waals surface area contributed by atoms with Crippen molar-refractivity contribution in [3.8, 4) is 0 Å². The van der Waals surface area contributed by atoms with Crippen molar-refractivity contribution in [1.82, 2.24) is 5.32 Å². The van der Waals surface area contributed by atoms with Crippen LogP contribution in [0.2, 0.25) is 0 Å². The van der Waals surface area contributed by atoms with Crippen LogP contribution in [0.1, 0.15) is 45.7 Å². The van der Waals surface area contributed by atoms with Crippen LogP contribution in [0.3, 0.4) is 0 Å². The van der Waals surface area contributed by atoms with Crippen molar-refractivity contribution in [1.29, 1.82) is 0 Å². The van der Waals surface area contributed by atoms with Crippen LogP contribution in [0.5, 0.6) is 0 Å². The second-order valence-electron chi connectivity index (χ2n) is 6.66. The number of amides is 1. The molecule has 21 heavy (non-hydrogen) atoms. The first-order chi connectivity index (χ1) is 9.73. The largest absolute Gasteiger partial charge is 0.393 e. The number of nitrogens with two attached hydrogens (primary N) is 1. The van der Waals surface area contributed by atoms with Gasteiger partial charge in [-0.05, 0) is 24.3 Å². The van der Waals surface area contributed by atoms with Crippen molar-refractivity contribution in [2.75, 3.05) is 6.54 Å². The van der Waals surface area contributed by atoms with Crippen molar-refractivity contribution in [2.24, 2.45) is 17.1 Å². The van der Waals surface area contributed by atoms with Crippen LogP contribution in [-0.2, 0) is 4.79 Å². The summed E-state index contributed by atoms with van der Waals surface area (Å²) in [5, 5.41) is 12.4. The Morgan fingerprint density at radius 2 is 1.86 bits per heavy atom. The summed E-state index contributed by atoms with van der Waals surface area (Å²) in [4.78, 5) is 12.2. The molecule has 1 amide bonds. The number of hydrogen-bond acceptors (Lipinski definition) is 3. The second kappa shape index (κ2) is 7.57. The molecule has 1 aromatic rings. The Labute approximate surface area is 127 Å². The van der Waals surface area contributed by atoms with Crippen LogP contribution in [0, 0.1) is 11.3 Å². The molecule has 0 aliphatic carbocycles. The molecule has 0 heterocycles. The van der Waals surface area contributed by atoms with E-state index in [1.807, 2.05) is 51.1 Å². The molecule has 0 radical (unpaired) electrons. The first-order valence-corrected chi connectivity index (χ1v) is 7.49. The topological polar surface area (TPSA) is 75.3 Å². The molecule has 1 rings (SSSR count). The number of rotatable bonds is 7. The minimum absolute atomic E-state index is 0.0509. The SMILES string of the molecule is CC(O)CC(C)(C)CNC(=O)C(C)C(N)c1ccccc1. The Balaban J connectivity index is 2.55. The van der Waals surface area contributed by atoms with E-state index >= 15 is 0 Å². The first kappa shape index (κ1) is 17.7. The fourth-order valence-corrected chi connectivity index (χ4v) is 2.49. The summed E-state index contributed by atoms with van der Waals surface area (Å²) in [6, 6.07) is 9.33. The van der Waals surface area contributed by atoms with Gasteiger partial charge >= 0.3 is 0 Å². The summed E-state index contributed by atoms with van der Waals surface area (Å²) in [5.41, 5.74) is 6.98. The molecule has 118 valence electrons. The number of aliphatic hydroxyl groups is 1. The normalized spacial score (nSPS) is 16.1. The lowest BCUT2D eigenvalue weighted by atomic mass is 9.86. The highest BCUT2D eigenvalue weighted by Crippen LogP contribution is 2.23. The van der Waals surface area contributed by atoms with E-state index in [9.17, 15) is 9.90 Å². The van der Waals surface area contributed by atoms with Crippen molar-refractivity contribution < 1.29 is 9.90 Å². The number of nitrogens with one attached hydrogen (secondary N) is 1. The summed E-state index contributed by atoms with van der Waals surface area (Å²) in [5.74, 6) is -0.347. The Bertz CT molecular complexity index is 443. The van der Waals surface area contributed by atoms with Crippen molar-refractivity contribution >= 4 is 5.91 Å². The third-order valence-corrected chi connectivity index (χ3v) is 3.73. The molecule has 4 nitrogen and oxygen atoms in total. The van der Waals surface area contributed by atoms with Gasteiger partial charge in [0.25, 0.3) is 0 Å². The highest BCUT2D eigenvalue weighted by molar-refractivity contribution is 5.79. The van der Waals surface area contributed by atoms with Crippen molar-refractivity contribution in [3.05, 3.63) is 35.9 Å². The Morgan fingerprint density at radius 3 is 2.38 bits per heavy atom. The van der Waals surface area contributed by atoms with Gasteiger partial charge in [-0.2, -0.15) is 0 Å². The molecule has 3 atom stereocenters. The molecule has 1 aromatic carbocycles.